The maximum atomic E-state index is 9.86. The SMILES string of the molecule is N#Cc1cc(O)cc2c1OC1c3ccc(O)cc3CCCC21. The van der Waals surface area contributed by atoms with Gasteiger partial charge in [-0.3, -0.25) is 0 Å². The standard InChI is InChI=1S/C18H15NO3/c19-9-11-7-13(21)8-16-15-3-1-2-10-6-12(20)4-5-14(10)18(15)22-17(11)16/h4-8,15,18,20-21H,1-3H2. The number of ether oxygens (including phenoxy) is 1. The van der Waals surface area contributed by atoms with E-state index in [-0.39, 0.29) is 23.5 Å². The van der Waals surface area contributed by atoms with Crippen molar-refractivity contribution in [1.82, 2.24) is 0 Å². The number of hydrogen-bond acceptors (Lipinski definition) is 4. The molecule has 2 aromatic carbocycles. The van der Waals surface area contributed by atoms with Crippen LogP contribution >= 0.6 is 0 Å². The van der Waals surface area contributed by atoms with E-state index >= 15 is 0 Å². The summed E-state index contributed by atoms with van der Waals surface area (Å²) in [4.78, 5) is 0. The summed E-state index contributed by atoms with van der Waals surface area (Å²) >= 11 is 0. The highest BCUT2D eigenvalue weighted by molar-refractivity contribution is 5.58. The number of aromatic hydroxyl groups is 2. The summed E-state index contributed by atoms with van der Waals surface area (Å²) in [6, 6.07) is 10.6. The molecule has 2 aliphatic rings. The van der Waals surface area contributed by atoms with Gasteiger partial charge in [0.2, 0.25) is 0 Å². The Balaban J connectivity index is 1.87. The van der Waals surface area contributed by atoms with Crippen molar-refractivity contribution >= 4 is 0 Å². The van der Waals surface area contributed by atoms with Gasteiger partial charge in [-0.05, 0) is 48.6 Å². The molecule has 2 N–H and O–H groups in total. The van der Waals surface area contributed by atoms with E-state index in [2.05, 4.69) is 6.07 Å². The van der Waals surface area contributed by atoms with Gasteiger partial charge in [0.25, 0.3) is 0 Å². The topological polar surface area (TPSA) is 73.5 Å². The van der Waals surface area contributed by atoms with Crippen LogP contribution in [0.4, 0.5) is 0 Å². The molecule has 0 aromatic heterocycles. The Labute approximate surface area is 128 Å². The van der Waals surface area contributed by atoms with Crippen LogP contribution in [0.2, 0.25) is 0 Å². The lowest BCUT2D eigenvalue weighted by molar-refractivity contribution is 0.207. The van der Waals surface area contributed by atoms with Gasteiger partial charge in [0.1, 0.15) is 29.4 Å². The summed E-state index contributed by atoms with van der Waals surface area (Å²) in [6.45, 7) is 0. The maximum absolute atomic E-state index is 9.86. The third kappa shape index (κ3) is 1.82. The van der Waals surface area contributed by atoms with Crippen molar-refractivity contribution < 1.29 is 14.9 Å². The number of nitrogens with zero attached hydrogens (tertiary/aromatic N) is 1. The predicted octanol–water partition coefficient (Wildman–Crippen LogP) is 3.52. The van der Waals surface area contributed by atoms with Crippen LogP contribution in [0.5, 0.6) is 17.2 Å². The average Bonchev–Trinajstić information content (AvgIpc) is 2.75. The van der Waals surface area contributed by atoms with E-state index in [1.807, 2.05) is 6.07 Å². The zero-order chi connectivity index (χ0) is 15.3. The Bertz CT molecular complexity index is 807. The molecule has 2 aromatic rings. The molecule has 110 valence electrons. The highest BCUT2D eigenvalue weighted by Gasteiger charge is 2.39. The van der Waals surface area contributed by atoms with Crippen molar-refractivity contribution in [1.29, 1.82) is 5.26 Å². The third-order valence-electron chi connectivity index (χ3n) is 4.63. The van der Waals surface area contributed by atoms with Crippen LogP contribution in [0.3, 0.4) is 0 Å². The second-order valence-electron chi connectivity index (χ2n) is 5.94. The van der Waals surface area contributed by atoms with Gasteiger partial charge in [0, 0.05) is 17.5 Å². The first-order valence-corrected chi connectivity index (χ1v) is 7.43. The van der Waals surface area contributed by atoms with Gasteiger partial charge in [0.15, 0.2) is 0 Å². The van der Waals surface area contributed by atoms with Gasteiger partial charge in [-0.1, -0.05) is 6.07 Å². The Hall–Kier alpha value is -2.67. The second kappa shape index (κ2) is 4.67. The zero-order valence-electron chi connectivity index (χ0n) is 11.9. The van der Waals surface area contributed by atoms with Gasteiger partial charge >= 0.3 is 0 Å². The summed E-state index contributed by atoms with van der Waals surface area (Å²) in [5.74, 6) is 1.11. The van der Waals surface area contributed by atoms with E-state index in [0.29, 0.717) is 11.3 Å². The summed E-state index contributed by atoms with van der Waals surface area (Å²) < 4.78 is 6.12. The molecule has 2 atom stereocenters. The first-order chi connectivity index (χ1) is 10.7. The fraction of sp³-hybridized carbons (Fsp3) is 0.278. The van der Waals surface area contributed by atoms with Crippen molar-refractivity contribution in [3.63, 3.8) is 0 Å². The smallest absolute Gasteiger partial charge is 0.141 e. The predicted molar refractivity (Wildman–Crippen MR) is 80.0 cm³/mol. The van der Waals surface area contributed by atoms with E-state index < -0.39 is 0 Å². The number of aryl methyl sites for hydroxylation is 1. The van der Waals surface area contributed by atoms with E-state index in [1.54, 1.807) is 18.2 Å². The minimum Gasteiger partial charge on any atom is -0.508 e. The quantitative estimate of drug-likeness (QED) is 0.779. The van der Waals surface area contributed by atoms with Crippen molar-refractivity contribution in [2.75, 3.05) is 0 Å². The van der Waals surface area contributed by atoms with E-state index in [0.717, 1.165) is 36.0 Å². The highest BCUT2D eigenvalue weighted by Crippen LogP contribution is 2.53. The van der Waals surface area contributed by atoms with Crippen LogP contribution in [-0.2, 0) is 6.42 Å². The minimum absolute atomic E-state index is 0.106. The van der Waals surface area contributed by atoms with E-state index in [1.165, 1.54) is 6.07 Å². The normalized spacial score (nSPS) is 21.8. The molecule has 1 aliphatic heterocycles. The monoisotopic (exact) mass is 293 g/mol. The lowest BCUT2D eigenvalue weighted by Gasteiger charge is -2.18. The third-order valence-corrected chi connectivity index (χ3v) is 4.63. The molecule has 0 fully saturated rings. The van der Waals surface area contributed by atoms with Gasteiger partial charge in [0.05, 0.1) is 5.56 Å². The van der Waals surface area contributed by atoms with E-state index in [9.17, 15) is 15.5 Å². The van der Waals surface area contributed by atoms with Crippen LogP contribution in [0.15, 0.2) is 30.3 Å². The fourth-order valence-electron chi connectivity index (χ4n) is 3.68. The number of benzene rings is 2. The Morgan fingerprint density at radius 2 is 1.95 bits per heavy atom. The number of rotatable bonds is 0. The lowest BCUT2D eigenvalue weighted by Crippen LogP contribution is -2.09. The van der Waals surface area contributed by atoms with Crippen LogP contribution in [0, 0.1) is 11.3 Å². The minimum atomic E-state index is -0.151. The van der Waals surface area contributed by atoms with Gasteiger partial charge in [-0.15, -0.1) is 0 Å². The molecule has 4 rings (SSSR count). The molecule has 22 heavy (non-hydrogen) atoms. The molecule has 1 heterocycles. The van der Waals surface area contributed by atoms with Crippen LogP contribution in [0.1, 0.15) is 47.1 Å². The number of hydrogen-bond donors (Lipinski definition) is 2. The molecular weight excluding hydrogens is 278 g/mol. The van der Waals surface area contributed by atoms with Crippen molar-refractivity contribution in [2.24, 2.45) is 0 Å². The van der Waals surface area contributed by atoms with Crippen molar-refractivity contribution in [2.45, 2.75) is 31.3 Å². The van der Waals surface area contributed by atoms with Gasteiger partial charge in [-0.25, -0.2) is 0 Å². The second-order valence-corrected chi connectivity index (χ2v) is 5.94. The number of phenols is 2. The van der Waals surface area contributed by atoms with Gasteiger partial charge < -0.3 is 14.9 Å². The molecule has 2 unspecified atom stereocenters. The maximum Gasteiger partial charge on any atom is 0.141 e. The molecule has 1 aliphatic carbocycles. The molecule has 0 bridgehead atoms. The van der Waals surface area contributed by atoms with E-state index in [4.69, 9.17) is 4.74 Å². The Morgan fingerprint density at radius 1 is 1.09 bits per heavy atom. The zero-order valence-corrected chi connectivity index (χ0v) is 11.9. The van der Waals surface area contributed by atoms with Crippen LogP contribution in [-0.4, -0.2) is 10.2 Å². The van der Waals surface area contributed by atoms with Crippen LogP contribution in [0.25, 0.3) is 0 Å². The van der Waals surface area contributed by atoms with Gasteiger partial charge in [-0.2, -0.15) is 5.26 Å². The van der Waals surface area contributed by atoms with Crippen molar-refractivity contribution in [3.05, 3.63) is 52.6 Å². The summed E-state index contributed by atoms with van der Waals surface area (Å²) in [5.41, 5.74) is 3.47. The molecule has 0 saturated heterocycles. The first kappa shape index (κ1) is 13.0. The molecule has 0 amide bonds. The average molecular weight is 293 g/mol. The summed E-state index contributed by atoms with van der Waals surface area (Å²) in [5, 5.41) is 28.8. The molecule has 0 spiro atoms. The number of phenolic OH excluding ortho intramolecular Hbond substituents is 2. The molecule has 0 radical (unpaired) electrons. The lowest BCUT2D eigenvalue weighted by atomic mass is 9.88. The summed E-state index contributed by atoms with van der Waals surface area (Å²) in [7, 11) is 0. The number of fused-ring (bicyclic) bond motifs is 5. The largest absolute Gasteiger partial charge is 0.508 e. The highest BCUT2D eigenvalue weighted by atomic mass is 16.5. The molecular formula is C18H15NO3. The number of nitriles is 1. The molecule has 0 saturated carbocycles. The fourth-order valence-corrected chi connectivity index (χ4v) is 3.68. The summed E-state index contributed by atoms with van der Waals surface area (Å²) in [6.07, 6.45) is 2.67. The first-order valence-electron chi connectivity index (χ1n) is 7.43. The van der Waals surface area contributed by atoms with Crippen LogP contribution < -0.4 is 4.74 Å². The Morgan fingerprint density at radius 3 is 2.77 bits per heavy atom. The molecule has 4 heteroatoms. The van der Waals surface area contributed by atoms with Crippen molar-refractivity contribution in [3.8, 4) is 23.3 Å². The Kier molecular flexibility index (Phi) is 2.77. The molecule has 4 nitrogen and oxygen atoms in total.